The average molecular weight is 193 g/mol. The molecule has 1 saturated carbocycles. The zero-order valence-corrected chi connectivity index (χ0v) is 9.84. The van der Waals surface area contributed by atoms with Crippen LogP contribution in [0.4, 0.5) is 0 Å². The summed E-state index contributed by atoms with van der Waals surface area (Å²) in [5.41, 5.74) is 1.25. The zero-order valence-electron chi connectivity index (χ0n) is 9.84. The van der Waals surface area contributed by atoms with Crippen LogP contribution in [-0.2, 0) is 0 Å². The number of hydrogen-bond acceptors (Lipinski definition) is 1. The molecule has 2 unspecified atom stereocenters. The van der Waals surface area contributed by atoms with E-state index in [1.165, 1.54) is 38.5 Å². The molecular weight excluding hydrogens is 170 g/mol. The number of nitrogens with zero attached hydrogens (tertiary/aromatic N) is 1. The Kier molecular flexibility index (Phi) is 1.68. The van der Waals surface area contributed by atoms with Gasteiger partial charge >= 0.3 is 0 Å². The Bertz CT molecular complexity index is 230. The van der Waals surface area contributed by atoms with E-state index in [9.17, 15) is 0 Å². The molecule has 2 bridgehead atoms. The average Bonchev–Trinajstić information content (AvgIpc) is 2.71. The Morgan fingerprint density at radius 1 is 1.00 bits per heavy atom. The van der Waals surface area contributed by atoms with Crippen LogP contribution in [0.5, 0.6) is 0 Å². The van der Waals surface area contributed by atoms with Crippen LogP contribution in [-0.4, -0.2) is 22.5 Å². The second-order valence-electron chi connectivity index (χ2n) is 6.87. The summed E-state index contributed by atoms with van der Waals surface area (Å²) >= 11 is 0. The van der Waals surface area contributed by atoms with Crippen molar-refractivity contribution in [2.45, 2.75) is 76.9 Å². The normalized spacial score (nSPS) is 40.5. The number of fused-ring (bicyclic) bond motifs is 2. The van der Waals surface area contributed by atoms with Gasteiger partial charge in [0.2, 0.25) is 0 Å². The maximum atomic E-state index is 2.83. The van der Waals surface area contributed by atoms with Gasteiger partial charge in [-0.1, -0.05) is 0 Å². The molecule has 2 heterocycles. The summed E-state index contributed by atoms with van der Waals surface area (Å²) in [7, 11) is 0. The summed E-state index contributed by atoms with van der Waals surface area (Å²) in [6.45, 7) is 7.18. The van der Waals surface area contributed by atoms with Crippen molar-refractivity contribution in [2.24, 2.45) is 5.41 Å². The summed E-state index contributed by atoms with van der Waals surface area (Å²) < 4.78 is 0. The first-order valence-electron chi connectivity index (χ1n) is 6.29. The first-order chi connectivity index (χ1) is 6.50. The van der Waals surface area contributed by atoms with Crippen LogP contribution >= 0.6 is 0 Å². The zero-order chi connectivity index (χ0) is 9.97. The molecule has 0 aromatic heterocycles. The third-order valence-corrected chi connectivity index (χ3v) is 4.69. The van der Waals surface area contributed by atoms with Crippen LogP contribution in [0.3, 0.4) is 0 Å². The fourth-order valence-electron chi connectivity index (χ4n) is 4.13. The Balaban J connectivity index is 1.84. The number of rotatable bonds is 0. The van der Waals surface area contributed by atoms with Crippen molar-refractivity contribution in [3.8, 4) is 0 Å². The van der Waals surface area contributed by atoms with Crippen molar-refractivity contribution >= 4 is 0 Å². The molecule has 2 aliphatic heterocycles. The highest BCUT2D eigenvalue weighted by atomic mass is 15.3. The quantitative estimate of drug-likeness (QED) is 0.571. The summed E-state index contributed by atoms with van der Waals surface area (Å²) in [6, 6.07) is 1.85. The van der Waals surface area contributed by atoms with Crippen molar-refractivity contribution in [1.29, 1.82) is 0 Å². The van der Waals surface area contributed by atoms with Crippen LogP contribution in [0.15, 0.2) is 0 Å². The minimum atomic E-state index is 0.405. The Labute approximate surface area is 87.9 Å². The molecule has 1 heteroatoms. The van der Waals surface area contributed by atoms with Gasteiger partial charge in [0.15, 0.2) is 0 Å². The van der Waals surface area contributed by atoms with Gasteiger partial charge in [0, 0.05) is 17.6 Å². The molecule has 0 amide bonds. The number of hydrogen-bond donors (Lipinski definition) is 0. The fourth-order valence-corrected chi connectivity index (χ4v) is 4.13. The lowest BCUT2D eigenvalue weighted by atomic mass is 9.85. The first-order valence-corrected chi connectivity index (χ1v) is 6.29. The predicted molar refractivity (Wildman–Crippen MR) is 59.3 cm³/mol. The van der Waals surface area contributed by atoms with Gasteiger partial charge in [0.25, 0.3) is 0 Å². The van der Waals surface area contributed by atoms with Gasteiger partial charge in [0.05, 0.1) is 0 Å². The van der Waals surface area contributed by atoms with Crippen LogP contribution in [0.1, 0.15) is 59.3 Å². The van der Waals surface area contributed by atoms with E-state index in [0.717, 1.165) is 17.5 Å². The summed E-state index contributed by atoms with van der Waals surface area (Å²) in [4.78, 5) is 2.83. The van der Waals surface area contributed by atoms with E-state index in [1.807, 2.05) is 0 Å². The molecule has 2 atom stereocenters. The summed E-state index contributed by atoms with van der Waals surface area (Å²) in [5, 5.41) is 0. The van der Waals surface area contributed by atoms with Crippen molar-refractivity contribution in [2.75, 3.05) is 0 Å². The van der Waals surface area contributed by atoms with Crippen molar-refractivity contribution in [1.82, 2.24) is 4.90 Å². The predicted octanol–water partition coefficient (Wildman–Crippen LogP) is 3.19. The van der Waals surface area contributed by atoms with E-state index in [2.05, 4.69) is 25.7 Å². The summed E-state index contributed by atoms with van der Waals surface area (Å²) in [6.07, 6.45) is 9.06. The smallest absolute Gasteiger partial charge is 0.0130 e. The molecule has 3 fully saturated rings. The third kappa shape index (κ3) is 1.25. The van der Waals surface area contributed by atoms with E-state index in [4.69, 9.17) is 0 Å². The highest BCUT2D eigenvalue weighted by Crippen LogP contribution is 2.60. The lowest BCUT2D eigenvalue weighted by Gasteiger charge is -2.47. The van der Waals surface area contributed by atoms with Gasteiger partial charge in [-0.15, -0.1) is 0 Å². The largest absolute Gasteiger partial charge is 0.293 e. The molecule has 0 radical (unpaired) electrons. The highest BCUT2D eigenvalue weighted by molar-refractivity contribution is 5.09. The molecule has 3 aliphatic rings. The lowest BCUT2D eigenvalue weighted by molar-refractivity contribution is 0.0156. The van der Waals surface area contributed by atoms with E-state index >= 15 is 0 Å². The molecule has 1 spiro atoms. The van der Waals surface area contributed by atoms with Crippen LogP contribution in [0, 0.1) is 5.41 Å². The molecule has 2 saturated heterocycles. The third-order valence-electron chi connectivity index (χ3n) is 4.69. The van der Waals surface area contributed by atoms with Gasteiger partial charge in [-0.2, -0.15) is 0 Å². The van der Waals surface area contributed by atoms with Crippen LogP contribution in [0.2, 0.25) is 0 Å². The molecule has 14 heavy (non-hydrogen) atoms. The molecule has 0 aromatic carbocycles. The monoisotopic (exact) mass is 193 g/mol. The molecule has 0 aromatic rings. The molecule has 0 N–H and O–H groups in total. The number of piperidine rings is 1. The van der Waals surface area contributed by atoms with Gasteiger partial charge < -0.3 is 0 Å². The molecular formula is C13H23N. The Hall–Kier alpha value is -0.0400. The maximum Gasteiger partial charge on any atom is 0.0130 e. The fraction of sp³-hybridized carbons (Fsp3) is 1.00. The van der Waals surface area contributed by atoms with Crippen molar-refractivity contribution < 1.29 is 0 Å². The maximum absolute atomic E-state index is 2.83. The summed E-state index contributed by atoms with van der Waals surface area (Å²) in [5.74, 6) is 0. The minimum absolute atomic E-state index is 0.405. The Morgan fingerprint density at radius 3 is 1.86 bits per heavy atom. The Morgan fingerprint density at radius 2 is 1.50 bits per heavy atom. The van der Waals surface area contributed by atoms with Gasteiger partial charge in [-0.3, -0.25) is 4.90 Å². The van der Waals surface area contributed by atoms with E-state index in [-0.39, 0.29) is 0 Å². The second kappa shape index (κ2) is 2.55. The van der Waals surface area contributed by atoms with E-state index in [0.29, 0.717) is 5.54 Å². The van der Waals surface area contributed by atoms with E-state index in [1.54, 1.807) is 0 Å². The second-order valence-corrected chi connectivity index (χ2v) is 6.87. The van der Waals surface area contributed by atoms with Gasteiger partial charge in [0.1, 0.15) is 0 Å². The van der Waals surface area contributed by atoms with Gasteiger partial charge in [-0.25, -0.2) is 0 Å². The molecule has 3 rings (SSSR count). The van der Waals surface area contributed by atoms with Crippen LogP contribution < -0.4 is 0 Å². The standard InChI is InChI=1S/C13H23N/c1-12(2,3)14-10-4-5-11(14)9-13(8-10)6-7-13/h10-11H,4-9H2,1-3H3. The first kappa shape index (κ1) is 9.21. The van der Waals surface area contributed by atoms with Crippen molar-refractivity contribution in [3.63, 3.8) is 0 Å². The van der Waals surface area contributed by atoms with E-state index < -0.39 is 0 Å². The van der Waals surface area contributed by atoms with Crippen LogP contribution in [0.25, 0.3) is 0 Å². The molecule has 1 aliphatic carbocycles. The highest BCUT2D eigenvalue weighted by Gasteiger charge is 2.55. The van der Waals surface area contributed by atoms with Gasteiger partial charge in [-0.05, 0) is 64.7 Å². The molecule has 80 valence electrons. The van der Waals surface area contributed by atoms with Crippen molar-refractivity contribution in [3.05, 3.63) is 0 Å². The SMILES string of the molecule is CC(C)(C)N1C2CCC1CC1(CC1)C2. The topological polar surface area (TPSA) is 3.24 Å². The lowest BCUT2D eigenvalue weighted by Crippen LogP contribution is -2.53. The molecule has 1 nitrogen and oxygen atoms in total. The minimum Gasteiger partial charge on any atom is -0.293 e.